The molecule has 0 aliphatic carbocycles. The van der Waals surface area contributed by atoms with Gasteiger partial charge in [0.05, 0.1) is 6.61 Å². The van der Waals surface area contributed by atoms with Gasteiger partial charge in [-0.05, 0) is 28.8 Å². The lowest BCUT2D eigenvalue weighted by Gasteiger charge is -2.14. The van der Waals surface area contributed by atoms with Crippen molar-refractivity contribution in [3.8, 4) is 5.75 Å². The normalized spacial score (nSPS) is 12.7. The van der Waals surface area contributed by atoms with Gasteiger partial charge >= 0.3 is 5.97 Å². The second-order valence-corrected chi connectivity index (χ2v) is 5.19. The lowest BCUT2D eigenvalue weighted by Crippen LogP contribution is -2.08. The van der Waals surface area contributed by atoms with Crippen LogP contribution in [-0.4, -0.2) is 17.7 Å². The minimum absolute atomic E-state index is 0.466. The summed E-state index contributed by atoms with van der Waals surface area (Å²) >= 11 is 0. The zero-order valence-corrected chi connectivity index (χ0v) is 12.4. The van der Waals surface area contributed by atoms with Crippen LogP contribution in [0.3, 0.4) is 0 Å². The Balaban J connectivity index is 2.43. The Bertz CT molecular complexity index is 659. The lowest BCUT2D eigenvalue weighted by atomic mass is 10.0. The van der Waals surface area contributed by atoms with Gasteiger partial charge < -0.3 is 9.84 Å². The van der Waals surface area contributed by atoms with Gasteiger partial charge in [0.1, 0.15) is 5.75 Å². The molecule has 1 N–H and O–H groups in total. The molecule has 0 aliphatic rings. The molecule has 2 aromatic carbocycles. The van der Waals surface area contributed by atoms with E-state index in [4.69, 9.17) is 9.84 Å². The van der Waals surface area contributed by atoms with Gasteiger partial charge in [0.2, 0.25) is 0 Å². The third-order valence-corrected chi connectivity index (χ3v) is 3.54. The Morgan fingerprint density at radius 1 is 1.29 bits per heavy atom. The monoisotopic (exact) mass is 284 g/mol. The molecule has 110 valence electrons. The van der Waals surface area contributed by atoms with E-state index in [9.17, 15) is 4.79 Å². The fourth-order valence-electron chi connectivity index (χ4n) is 2.08. The van der Waals surface area contributed by atoms with Crippen molar-refractivity contribution in [2.24, 2.45) is 5.92 Å². The van der Waals surface area contributed by atoms with Crippen LogP contribution in [0.4, 0.5) is 0 Å². The van der Waals surface area contributed by atoms with E-state index in [2.05, 4.69) is 13.8 Å². The number of fused-ring (bicyclic) bond motifs is 1. The standard InChI is InChI=1S/C18H20O3/c1-3-13(2)12-21-17-10-8-14-6-4-5-7-15(14)16(17)9-11-18(19)20/h4-11,13H,3,12H2,1-2H3,(H,19,20). The summed E-state index contributed by atoms with van der Waals surface area (Å²) in [5, 5.41) is 10.9. The lowest BCUT2D eigenvalue weighted by molar-refractivity contribution is -0.131. The summed E-state index contributed by atoms with van der Waals surface area (Å²) in [5.41, 5.74) is 0.818. The molecule has 0 fully saturated rings. The van der Waals surface area contributed by atoms with Gasteiger partial charge in [-0.2, -0.15) is 0 Å². The first-order valence-electron chi connectivity index (χ1n) is 7.17. The molecular weight excluding hydrogens is 264 g/mol. The van der Waals surface area contributed by atoms with E-state index in [-0.39, 0.29) is 0 Å². The zero-order chi connectivity index (χ0) is 15.2. The molecule has 0 aromatic heterocycles. The quantitative estimate of drug-likeness (QED) is 0.801. The van der Waals surface area contributed by atoms with Crippen molar-refractivity contribution in [2.45, 2.75) is 20.3 Å². The Morgan fingerprint density at radius 2 is 2.05 bits per heavy atom. The van der Waals surface area contributed by atoms with Gasteiger partial charge in [0, 0.05) is 11.6 Å². The predicted molar refractivity (Wildman–Crippen MR) is 85.6 cm³/mol. The van der Waals surface area contributed by atoms with E-state index >= 15 is 0 Å². The Hall–Kier alpha value is -2.29. The van der Waals surface area contributed by atoms with Crippen LogP contribution in [0.2, 0.25) is 0 Å². The summed E-state index contributed by atoms with van der Waals surface area (Å²) in [6.45, 7) is 4.89. The molecular formula is C18H20O3. The molecule has 3 nitrogen and oxygen atoms in total. The van der Waals surface area contributed by atoms with Crippen LogP contribution >= 0.6 is 0 Å². The number of ether oxygens (including phenoxy) is 1. The molecule has 0 bridgehead atoms. The number of carboxylic acid groups (broad SMARTS) is 1. The molecule has 0 radical (unpaired) electrons. The first-order chi connectivity index (χ1) is 10.1. The van der Waals surface area contributed by atoms with E-state index < -0.39 is 5.97 Å². The second kappa shape index (κ2) is 6.93. The van der Waals surface area contributed by atoms with Gasteiger partial charge in [0.25, 0.3) is 0 Å². The summed E-state index contributed by atoms with van der Waals surface area (Å²) in [6.07, 6.45) is 3.81. The largest absolute Gasteiger partial charge is 0.493 e. The molecule has 21 heavy (non-hydrogen) atoms. The maximum Gasteiger partial charge on any atom is 0.328 e. The highest BCUT2D eigenvalue weighted by Crippen LogP contribution is 2.29. The van der Waals surface area contributed by atoms with Gasteiger partial charge in [-0.1, -0.05) is 50.6 Å². The molecule has 0 heterocycles. The maximum atomic E-state index is 10.8. The molecule has 1 atom stereocenters. The van der Waals surface area contributed by atoms with Crippen molar-refractivity contribution < 1.29 is 14.6 Å². The maximum absolute atomic E-state index is 10.8. The Labute approximate surface area is 124 Å². The minimum Gasteiger partial charge on any atom is -0.493 e. The average molecular weight is 284 g/mol. The van der Waals surface area contributed by atoms with Gasteiger partial charge in [-0.25, -0.2) is 4.79 Å². The van der Waals surface area contributed by atoms with Crippen molar-refractivity contribution in [1.82, 2.24) is 0 Å². The van der Waals surface area contributed by atoms with E-state index in [1.165, 1.54) is 0 Å². The molecule has 0 saturated heterocycles. The molecule has 0 aliphatic heterocycles. The van der Waals surface area contributed by atoms with Gasteiger partial charge in [0.15, 0.2) is 0 Å². The van der Waals surface area contributed by atoms with E-state index in [0.29, 0.717) is 12.5 Å². The van der Waals surface area contributed by atoms with Crippen molar-refractivity contribution >= 4 is 22.8 Å². The van der Waals surface area contributed by atoms with Crippen molar-refractivity contribution in [1.29, 1.82) is 0 Å². The van der Waals surface area contributed by atoms with Gasteiger partial charge in [-0.15, -0.1) is 0 Å². The molecule has 0 amide bonds. The summed E-state index contributed by atoms with van der Waals surface area (Å²) in [7, 11) is 0. The number of aliphatic carboxylic acids is 1. The minimum atomic E-state index is -0.962. The second-order valence-electron chi connectivity index (χ2n) is 5.19. The zero-order valence-electron chi connectivity index (χ0n) is 12.4. The summed E-state index contributed by atoms with van der Waals surface area (Å²) < 4.78 is 5.89. The Morgan fingerprint density at radius 3 is 2.76 bits per heavy atom. The summed E-state index contributed by atoms with van der Waals surface area (Å²) in [6, 6.07) is 11.8. The highest BCUT2D eigenvalue weighted by molar-refractivity contribution is 5.96. The van der Waals surface area contributed by atoms with Crippen LogP contribution in [0.25, 0.3) is 16.8 Å². The summed E-state index contributed by atoms with van der Waals surface area (Å²) in [4.78, 5) is 10.8. The third kappa shape index (κ3) is 3.85. The van der Waals surface area contributed by atoms with Crippen molar-refractivity contribution in [2.75, 3.05) is 6.61 Å². The average Bonchev–Trinajstić information content (AvgIpc) is 2.50. The van der Waals surface area contributed by atoms with E-state index in [1.807, 2.05) is 36.4 Å². The number of hydrogen-bond acceptors (Lipinski definition) is 2. The van der Waals surface area contributed by atoms with Gasteiger partial charge in [-0.3, -0.25) is 0 Å². The first kappa shape index (κ1) is 15.1. The Kier molecular flexibility index (Phi) is 4.99. The number of hydrogen-bond donors (Lipinski definition) is 1. The predicted octanol–water partition coefficient (Wildman–Crippen LogP) is 4.36. The molecule has 0 spiro atoms. The topological polar surface area (TPSA) is 46.5 Å². The molecule has 2 aromatic rings. The van der Waals surface area contributed by atoms with Crippen LogP contribution in [0.15, 0.2) is 42.5 Å². The van der Waals surface area contributed by atoms with Crippen molar-refractivity contribution in [3.63, 3.8) is 0 Å². The number of carbonyl (C=O) groups is 1. The number of benzene rings is 2. The van der Waals surface area contributed by atoms with Crippen molar-refractivity contribution in [3.05, 3.63) is 48.0 Å². The molecule has 1 unspecified atom stereocenters. The third-order valence-electron chi connectivity index (χ3n) is 3.54. The number of rotatable bonds is 6. The van der Waals surface area contributed by atoms with Crippen LogP contribution in [-0.2, 0) is 4.79 Å². The fourth-order valence-corrected chi connectivity index (χ4v) is 2.08. The summed E-state index contributed by atoms with van der Waals surface area (Å²) in [5.74, 6) is 0.232. The molecule has 2 rings (SSSR count). The number of carboxylic acids is 1. The van der Waals surface area contributed by atoms with E-state index in [0.717, 1.165) is 34.6 Å². The highest BCUT2D eigenvalue weighted by atomic mass is 16.5. The fraction of sp³-hybridized carbons (Fsp3) is 0.278. The van der Waals surface area contributed by atoms with Crippen LogP contribution < -0.4 is 4.74 Å². The van der Waals surface area contributed by atoms with Crippen LogP contribution in [0.1, 0.15) is 25.8 Å². The molecule has 3 heteroatoms. The van der Waals surface area contributed by atoms with E-state index in [1.54, 1.807) is 6.08 Å². The van der Waals surface area contributed by atoms with Crippen LogP contribution in [0.5, 0.6) is 5.75 Å². The smallest absolute Gasteiger partial charge is 0.328 e. The molecule has 0 saturated carbocycles. The van der Waals surface area contributed by atoms with Crippen LogP contribution in [0, 0.1) is 5.92 Å². The first-order valence-corrected chi connectivity index (χ1v) is 7.17. The highest BCUT2D eigenvalue weighted by Gasteiger charge is 2.08. The SMILES string of the molecule is CCC(C)COc1ccc2ccccc2c1C=CC(=O)O.